The number of furan rings is 1. The standard InChI is InChI=1S/C25H24N6O3/c1-33-20-7-5-19(6-8-20)31-22(26)21-10-12-34-25(21)30-23(31)16-3-2-4-17(13-16)24(32)28-11-9-18-14-27-15-29-18/h2-8,10,12-15,23H,9,11,26H2,1H3,(H,27,29)(H,28,32). The van der Waals surface area contributed by atoms with E-state index in [2.05, 4.69) is 15.3 Å². The van der Waals surface area contributed by atoms with Crippen LogP contribution >= 0.6 is 0 Å². The van der Waals surface area contributed by atoms with Crippen LogP contribution in [0.25, 0.3) is 5.82 Å². The topological polar surface area (TPSA) is 122 Å². The molecule has 0 aliphatic carbocycles. The van der Waals surface area contributed by atoms with Crippen molar-refractivity contribution in [3.05, 3.63) is 101 Å². The van der Waals surface area contributed by atoms with Gasteiger partial charge in [-0.1, -0.05) is 12.1 Å². The number of carbonyl (C=O) groups is 1. The van der Waals surface area contributed by atoms with Gasteiger partial charge in [-0.05, 0) is 48.0 Å². The minimum atomic E-state index is -0.510. The number of fused-ring (bicyclic) bond motifs is 1. The molecule has 172 valence electrons. The molecule has 1 aliphatic rings. The highest BCUT2D eigenvalue weighted by Crippen LogP contribution is 2.33. The fourth-order valence-electron chi connectivity index (χ4n) is 3.95. The molecule has 1 atom stereocenters. The maximum absolute atomic E-state index is 12.8. The van der Waals surface area contributed by atoms with Gasteiger partial charge in [-0.25, -0.2) is 9.98 Å². The van der Waals surface area contributed by atoms with Gasteiger partial charge >= 0.3 is 0 Å². The number of hydrogen-bond donors (Lipinski definition) is 3. The van der Waals surface area contributed by atoms with E-state index in [0.29, 0.717) is 29.9 Å². The average molecular weight is 457 g/mol. The van der Waals surface area contributed by atoms with Crippen LogP contribution in [0.2, 0.25) is 0 Å². The summed E-state index contributed by atoms with van der Waals surface area (Å²) in [4.78, 5) is 26.6. The van der Waals surface area contributed by atoms with Crippen LogP contribution in [-0.4, -0.2) is 29.5 Å². The molecule has 5 rings (SSSR count). The smallest absolute Gasteiger partial charge is 0.251 e. The van der Waals surface area contributed by atoms with Gasteiger partial charge in [-0.3, -0.25) is 4.79 Å². The highest BCUT2D eigenvalue weighted by atomic mass is 16.5. The van der Waals surface area contributed by atoms with Gasteiger partial charge in [0.15, 0.2) is 6.17 Å². The summed E-state index contributed by atoms with van der Waals surface area (Å²) in [5, 5.41) is 3.67. The van der Waals surface area contributed by atoms with Gasteiger partial charge in [0.05, 0.1) is 30.6 Å². The normalized spacial score (nSPS) is 14.9. The summed E-state index contributed by atoms with van der Waals surface area (Å²) in [6.45, 7) is 0.482. The zero-order valence-electron chi connectivity index (χ0n) is 18.6. The van der Waals surface area contributed by atoms with Gasteiger partial charge in [-0.2, -0.15) is 0 Å². The fraction of sp³-hybridized carbons (Fsp3) is 0.160. The summed E-state index contributed by atoms with van der Waals surface area (Å²) in [6.07, 6.45) is 5.14. The third-order valence-corrected chi connectivity index (χ3v) is 5.68. The van der Waals surface area contributed by atoms with Crippen LogP contribution in [0.3, 0.4) is 0 Å². The Kier molecular flexibility index (Phi) is 5.73. The Morgan fingerprint density at radius 2 is 2.09 bits per heavy atom. The molecule has 0 radical (unpaired) electrons. The summed E-state index contributed by atoms with van der Waals surface area (Å²) < 4.78 is 10.9. The number of aromatic amines is 1. The number of ether oxygens (including phenoxy) is 1. The maximum Gasteiger partial charge on any atom is 0.251 e. The number of anilines is 1. The van der Waals surface area contributed by atoms with Gasteiger partial charge in [-0.15, -0.1) is 0 Å². The Balaban J connectivity index is 1.45. The predicted octanol–water partition coefficient (Wildman–Crippen LogP) is 1.85. The molecule has 9 nitrogen and oxygen atoms in total. The lowest BCUT2D eigenvalue weighted by molar-refractivity contribution is 0.0954. The summed E-state index contributed by atoms with van der Waals surface area (Å²) in [5.74, 6) is 1.09. The quantitative estimate of drug-likeness (QED) is 0.390. The number of H-pyrrole nitrogens is 1. The second kappa shape index (κ2) is 9.14. The first-order valence-corrected chi connectivity index (χ1v) is 10.8. The van der Waals surface area contributed by atoms with Crippen LogP contribution in [0, 0.1) is 0 Å². The van der Waals surface area contributed by atoms with E-state index in [1.54, 1.807) is 31.8 Å². The molecule has 0 saturated heterocycles. The minimum absolute atomic E-state index is 0.167. The number of nitrogens with zero attached hydrogens (tertiary/aromatic N) is 3. The van der Waals surface area contributed by atoms with Crippen LogP contribution in [0.1, 0.15) is 27.8 Å². The number of carbonyl (C=O) groups excluding carboxylic acids is 1. The van der Waals surface area contributed by atoms with Gasteiger partial charge in [0, 0.05) is 30.4 Å². The number of hydrogen-bond acceptors (Lipinski definition) is 7. The number of amides is 1. The highest BCUT2D eigenvalue weighted by Gasteiger charge is 2.27. The van der Waals surface area contributed by atoms with E-state index in [-0.39, 0.29) is 5.91 Å². The van der Waals surface area contributed by atoms with E-state index in [4.69, 9.17) is 19.9 Å². The zero-order valence-corrected chi connectivity index (χ0v) is 18.6. The Morgan fingerprint density at radius 1 is 1.24 bits per heavy atom. The van der Waals surface area contributed by atoms with Gasteiger partial charge in [0.25, 0.3) is 5.91 Å². The lowest BCUT2D eigenvalue weighted by Gasteiger charge is -2.33. The molecular weight excluding hydrogens is 432 g/mol. The van der Waals surface area contributed by atoms with E-state index in [1.807, 2.05) is 53.6 Å². The molecule has 0 bridgehead atoms. The number of rotatable bonds is 7. The molecule has 9 heteroatoms. The third kappa shape index (κ3) is 4.11. The maximum atomic E-state index is 12.8. The average Bonchev–Trinajstić information content (AvgIpc) is 3.56. The molecule has 1 unspecified atom stereocenters. The largest absolute Gasteiger partial charge is 0.497 e. The van der Waals surface area contributed by atoms with Crippen LogP contribution in [0.15, 0.2) is 82.8 Å². The molecule has 1 amide bonds. The van der Waals surface area contributed by atoms with E-state index in [1.165, 1.54) is 0 Å². The zero-order chi connectivity index (χ0) is 23.5. The number of nitrogens with one attached hydrogen (secondary N) is 2. The van der Waals surface area contributed by atoms with Gasteiger partial charge < -0.3 is 30.1 Å². The SMILES string of the molecule is COc1ccc(N2C(N)=c3ccoc3=NC2c2cccc(C(=O)NCCc3c[nH]cn3)c2)cc1. The van der Waals surface area contributed by atoms with Crippen molar-refractivity contribution in [2.45, 2.75) is 12.6 Å². The number of methoxy groups -OCH3 is 1. The number of aromatic nitrogens is 2. The molecule has 1 aliphatic heterocycles. The van der Waals surface area contributed by atoms with Crippen molar-refractivity contribution in [3.63, 3.8) is 0 Å². The Morgan fingerprint density at radius 3 is 2.85 bits per heavy atom. The van der Waals surface area contributed by atoms with Crippen LogP contribution in [-0.2, 0) is 6.42 Å². The van der Waals surface area contributed by atoms with Crippen LogP contribution in [0.5, 0.6) is 5.75 Å². The van der Waals surface area contributed by atoms with Crippen molar-refractivity contribution < 1.29 is 13.9 Å². The Labute approximate surface area is 195 Å². The van der Waals surface area contributed by atoms with Crippen molar-refractivity contribution >= 4 is 17.4 Å². The summed E-state index contributed by atoms with van der Waals surface area (Å²) in [7, 11) is 1.62. The number of benzene rings is 2. The summed E-state index contributed by atoms with van der Waals surface area (Å²) >= 11 is 0. The fourth-order valence-corrected chi connectivity index (χ4v) is 3.95. The van der Waals surface area contributed by atoms with E-state index < -0.39 is 6.17 Å². The highest BCUT2D eigenvalue weighted by molar-refractivity contribution is 5.94. The van der Waals surface area contributed by atoms with E-state index in [0.717, 1.165) is 27.9 Å². The van der Waals surface area contributed by atoms with Crippen molar-refractivity contribution in [1.29, 1.82) is 0 Å². The minimum Gasteiger partial charge on any atom is -0.497 e. The number of imidazole rings is 1. The lowest BCUT2D eigenvalue weighted by Crippen LogP contribution is -2.43. The number of nitrogens with two attached hydrogens (primary N) is 1. The molecule has 0 spiro atoms. The Hall–Kier alpha value is -4.53. The first-order chi connectivity index (χ1) is 16.6. The van der Waals surface area contributed by atoms with Crippen molar-refractivity contribution in [2.75, 3.05) is 18.6 Å². The lowest BCUT2D eigenvalue weighted by atomic mass is 10.1. The van der Waals surface area contributed by atoms with E-state index >= 15 is 0 Å². The first-order valence-electron chi connectivity index (χ1n) is 10.8. The molecule has 4 aromatic rings. The molecule has 34 heavy (non-hydrogen) atoms. The molecule has 4 N–H and O–H groups in total. The molecule has 2 aromatic heterocycles. The van der Waals surface area contributed by atoms with E-state index in [9.17, 15) is 4.79 Å². The van der Waals surface area contributed by atoms with Crippen molar-refractivity contribution in [1.82, 2.24) is 15.3 Å². The van der Waals surface area contributed by atoms with Crippen molar-refractivity contribution in [3.8, 4) is 5.75 Å². The molecule has 2 aromatic carbocycles. The molecule has 3 heterocycles. The third-order valence-electron chi connectivity index (χ3n) is 5.68. The van der Waals surface area contributed by atoms with Crippen molar-refractivity contribution in [2.24, 2.45) is 10.7 Å². The molecular formula is C25H24N6O3. The monoisotopic (exact) mass is 456 g/mol. The second-order valence-corrected chi connectivity index (χ2v) is 7.79. The van der Waals surface area contributed by atoms with Crippen LogP contribution < -0.4 is 31.5 Å². The van der Waals surface area contributed by atoms with Gasteiger partial charge in [0.2, 0.25) is 5.55 Å². The summed E-state index contributed by atoms with van der Waals surface area (Å²) in [6, 6.07) is 16.7. The molecule has 0 saturated carbocycles. The molecule has 0 fully saturated rings. The summed E-state index contributed by atoms with van der Waals surface area (Å²) in [5.41, 5.74) is 10.1. The Bertz CT molecular complexity index is 1410. The predicted molar refractivity (Wildman–Crippen MR) is 126 cm³/mol. The second-order valence-electron chi connectivity index (χ2n) is 7.79. The van der Waals surface area contributed by atoms with Crippen LogP contribution in [0.4, 0.5) is 5.69 Å². The first kappa shape index (κ1) is 21.3. The van der Waals surface area contributed by atoms with Gasteiger partial charge in [0.1, 0.15) is 11.6 Å².